The summed E-state index contributed by atoms with van der Waals surface area (Å²) < 4.78 is 1.82. The maximum Gasteiger partial charge on any atom is 0.261 e. The van der Waals surface area contributed by atoms with Crippen LogP contribution < -0.4 is 10.9 Å². The fourth-order valence-corrected chi connectivity index (χ4v) is 4.35. The van der Waals surface area contributed by atoms with Crippen molar-refractivity contribution in [3.63, 3.8) is 0 Å². The minimum absolute atomic E-state index is 0.0222. The Hall–Kier alpha value is -2.17. The number of benzene rings is 1. The Labute approximate surface area is 153 Å². The van der Waals surface area contributed by atoms with E-state index in [1.807, 2.05) is 16.7 Å². The molecule has 1 aromatic heterocycles. The first-order valence-electron chi connectivity index (χ1n) is 10.0. The Bertz CT molecular complexity index is 865. The van der Waals surface area contributed by atoms with Crippen LogP contribution in [0, 0.1) is 5.92 Å². The van der Waals surface area contributed by atoms with Crippen molar-refractivity contribution in [1.82, 2.24) is 9.55 Å². The van der Waals surface area contributed by atoms with E-state index in [1.54, 1.807) is 6.07 Å². The van der Waals surface area contributed by atoms with Gasteiger partial charge in [-0.15, -0.1) is 0 Å². The van der Waals surface area contributed by atoms with Crippen LogP contribution >= 0.6 is 0 Å². The van der Waals surface area contributed by atoms with Crippen molar-refractivity contribution >= 4 is 22.5 Å². The van der Waals surface area contributed by atoms with Crippen molar-refractivity contribution in [1.29, 1.82) is 0 Å². The third kappa shape index (κ3) is 3.67. The largest absolute Gasteiger partial charge is 0.326 e. The minimum atomic E-state index is 0.0222. The van der Waals surface area contributed by atoms with Crippen LogP contribution in [0.25, 0.3) is 10.9 Å². The second kappa shape index (κ2) is 7.60. The predicted octanol–water partition coefficient (Wildman–Crippen LogP) is 4.03. The van der Waals surface area contributed by atoms with E-state index in [2.05, 4.69) is 5.32 Å². The van der Waals surface area contributed by atoms with Crippen LogP contribution in [0.4, 0.5) is 5.69 Å². The Morgan fingerprint density at radius 3 is 2.85 bits per heavy atom. The first-order valence-corrected chi connectivity index (χ1v) is 10.0. The maximum atomic E-state index is 12.9. The van der Waals surface area contributed by atoms with Crippen LogP contribution in [0.5, 0.6) is 0 Å². The van der Waals surface area contributed by atoms with Gasteiger partial charge in [-0.1, -0.05) is 32.1 Å². The van der Waals surface area contributed by atoms with E-state index in [-0.39, 0.29) is 11.5 Å². The first kappa shape index (κ1) is 17.3. The van der Waals surface area contributed by atoms with Gasteiger partial charge in [0.1, 0.15) is 5.82 Å². The summed E-state index contributed by atoms with van der Waals surface area (Å²) in [6, 6.07) is 5.50. The lowest BCUT2D eigenvalue weighted by molar-refractivity contribution is -0.116. The van der Waals surface area contributed by atoms with Crippen molar-refractivity contribution in [3.05, 3.63) is 34.4 Å². The van der Waals surface area contributed by atoms with Crippen LogP contribution in [-0.2, 0) is 17.8 Å². The van der Waals surface area contributed by atoms with E-state index in [1.165, 1.54) is 25.7 Å². The topological polar surface area (TPSA) is 64.0 Å². The summed E-state index contributed by atoms with van der Waals surface area (Å²) in [4.78, 5) is 29.8. The van der Waals surface area contributed by atoms with Gasteiger partial charge in [0.15, 0.2) is 0 Å². The molecule has 5 heteroatoms. The van der Waals surface area contributed by atoms with Gasteiger partial charge in [-0.3, -0.25) is 14.2 Å². The Balaban J connectivity index is 1.52. The number of hydrogen-bond donors (Lipinski definition) is 1. The summed E-state index contributed by atoms with van der Waals surface area (Å²) in [7, 11) is 0. The van der Waals surface area contributed by atoms with E-state index in [4.69, 9.17) is 4.98 Å². The number of nitrogens with zero attached hydrogens (tertiary/aromatic N) is 2. The van der Waals surface area contributed by atoms with E-state index < -0.39 is 0 Å². The molecule has 1 aliphatic heterocycles. The molecule has 0 saturated heterocycles. The van der Waals surface area contributed by atoms with E-state index in [0.717, 1.165) is 50.0 Å². The molecule has 4 rings (SSSR count). The molecule has 0 unspecified atom stereocenters. The van der Waals surface area contributed by atoms with Gasteiger partial charge in [-0.05, 0) is 43.4 Å². The molecule has 5 nitrogen and oxygen atoms in total. The minimum Gasteiger partial charge on any atom is -0.326 e. The summed E-state index contributed by atoms with van der Waals surface area (Å²) in [6.45, 7) is 0.745. The molecule has 2 heterocycles. The van der Waals surface area contributed by atoms with Crippen molar-refractivity contribution in [2.45, 2.75) is 70.8 Å². The SMILES string of the molecule is O=C(CCC1CCCC1)Nc1ccc2nc3n(c(=O)c2c1)CCCCC3. The molecule has 0 radical (unpaired) electrons. The van der Waals surface area contributed by atoms with Crippen LogP contribution in [0.2, 0.25) is 0 Å². The molecular formula is C21H27N3O2. The second-order valence-electron chi connectivity index (χ2n) is 7.76. The van der Waals surface area contributed by atoms with Crippen LogP contribution in [0.1, 0.15) is 63.6 Å². The molecular weight excluding hydrogens is 326 g/mol. The fraction of sp³-hybridized carbons (Fsp3) is 0.571. The highest BCUT2D eigenvalue weighted by atomic mass is 16.1. The summed E-state index contributed by atoms with van der Waals surface area (Å²) in [5.41, 5.74) is 1.45. The molecule has 2 aliphatic rings. The number of aromatic nitrogens is 2. The summed E-state index contributed by atoms with van der Waals surface area (Å²) in [6.07, 6.45) is 10.8. The second-order valence-corrected chi connectivity index (χ2v) is 7.76. The first-order chi connectivity index (χ1) is 12.7. The Morgan fingerprint density at radius 2 is 2.00 bits per heavy atom. The molecule has 1 aromatic carbocycles. The number of fused-ring (bicyclic) bond motifs is 2. The molecule has 1 amide bonds. The van der Waals surface area contributed by atoms with E-state index in [9.17, 15) is 9.59 Å². The zero-order chi connectivity index (χ0) is 17.9. The predicted molar refractivity (Wildman–Crippen MR) is 103 cm³/mol. The number of amides is 1. The summed E-state index contributed by atoms with van der Waals surface area (Å²) in [5.74, 6) is 1.65. The monoisotopic (exact) mass is 353 g/mol. The van der Waals surface area contributed by atoms with Crippen molar-refractivity contribution in [3.8, 4) is 0 Å². The number of carbonyl (C=O) groups excluding carboxylic acids is 1. The Morgan fingerprint density at radius 1 is 1.15 bits per heavy atom. The average Bonchev–Trinajstić information content (AvgIpc) is 3.05. The highest BCUT2D eigenvalue weighted by Gasteiger charge is 2.17. The zero-order valence-corrected chi connectivity index (χ0v) is 15.3. The normalized spacial score (nSPS) is 17.8. The lowest BCUT2D eigenvalue weighted by atomic mass is 10.0. The van der Waals surface area contributed by atoms with Crippen molar-refractivity contribution in [2.24, 2.45) is 5.92 Å². The molecule has 0 spiro atoms. The quantitative estimate of drug-likeness (QED) is 0.902. The van der Waals surface area contributed by atoms with Crippen LogP contribution in [0.3, 0.4) is 0 Å². The zero-order valence-electron chi connectivity index (χ0n) is 15.3. The smallest absolute Gasteiger partial charge is 0.261 e. The lowest BCUT2D eigenvalue weighted by Crippen LogP contribution is -2.24. The molecule has 0 bridgehead atoms. The maximum absolute atomic E-state index is 12.9. The lowest BCUT2D eigenvalue weighted by Gasteiger charge is -2.12. The van der Waals surface area contributed by atoms with Crippen LogP contribution in [-0.4, -0.2) is 15.5 Å². The number of rotatable bonds is 4. The van der Waals surface area contributed by atoms with Gasteiger partial charge in [0.05, 0.1) is 10.9 Å². The van der Waals surface area contributed by atoms with Gasteiger partial charge >= 0.3 is 0 Å². The molecule has 1 aliphatic carbocycles. The third-order valence-electron chi connectivity index (χ3n) is 5.85. The standard InChI is InChI=1S/C21H27N3O2/c25-20(12-9-15-6-3-4-7-15)22-16-10-11-18-17(14-16)21(26)24-13-5-1-2-8-19(24)23-18/h10-11,14-15H,1-9,12-13H2,(H,22,25). The van der Waals surface area contributed by atoms with Gasteiger partial charge in [0, 0.05) is 25.1 Å². The van der Waals surface area contributed by atoms with E-state index >= 15 is 0 Å². The average molecular weight is 353 g/mol. The summed E-state index contributed by atoms with van der Waals surface area (Å²) in [5, 5.41) is 3.56. The molecule has 0 atom stereocenters. The molecule has 2 aromatic rings. The molecule has 1 fully saturated rings. The van der Waals surface area contributed by atoms with Gasteiger partial charge in [-0.25, -0.2) is 4.98 Å². The number of hydrogen-bond acceptors (Lipinski definition) is 3. The number of nitrogens with one attached hydrogen (secondary N) is 1. The molecule has 1 saturated carbocycles. The van der Waals surface area contributed by atoms with Gasteiger partial charge in [-0.2, -0.15) is 0 Å². The number of anilines is 1. The Kier molecular flexibility index (Phi) is 5.05. The highest BCUT2D eigenvalue weighted by Crippen LogP contribution is 2.28. The molecule has 26 heavy (non-hydrogen) atoms. The van der Waals surface area contributed by atoms with Gasteiger partial charge in [0.2, 0.25) is 5.91 Å². The third-order valence-corrected chi connectivity index (χ3v) is 5.85. The van der Waals surface area contributed by atoms with Crippen LogP contribution in [0.15, 0.2) is 23.0 Å². The number of carbonyl (C=O) groups is 1. The van der Waals surface area contributed by atoms with Gasteiger partial charge < -0.3 is 5.32 Å². The van der Waals surface area contributed by atoms with Gasteiger partial charge in [0.25, 0.3) is 5.56 Å². The molecule has 1 N–H and O–H groups in total. The van der Waals surface area contributed by atoms with E-state index in [0.29, 0.717) is 23.4 Å². The van der Waals surface area contributed by atoms with Crippen molar-refractivity contribution in [2.75, 3.05) is 5.32 Å². The van der Waals surface area contributed by atoms with Crippen molar-refractivity contribution < 1.29 is 4.79 Å². The summed E-state index contributed by atoms with van der Waals surface area (Å²) >= 11 is 0. The highest BCUT2D eigenvalue weighted by molar-refractivity contribution is 5.93. The fourth-order valence-electron chi connectivity index (χ4n) is 4.35. The number of aryl methyl sites for hydroxylation is 1. The molecule has 138 valence electrons.